The molecule has 0 unspecified atom stereocenters. The van der Waals surface area contributed by atoms with Gasteiger partial charge in [0.25, 0.3) is 0 Å². The van der Waals surface area contributed by atoms with Gasteiger partial charge in [0, 0.05) is 5.69 Å². The van der Waals surface area contributed by atoms with Gasteiger partial charge in [-0.3, -0.25) is 4.68 Å². The van der Waals surface area contributed by atoms with E-state index in [0.717, 1.165) is 11.6 Å². The molecule has 2 rings (SSSR count). The number of benzene rings is 1. The molecule has 0 atom stereocenters. The number of nitrogens with zero attached hydrogens (tertiary/aromatic N) is 2. The van der Waals surface area contributed by atoms with Gasteiger partial charge in [-0.05, 0) is 30.7 Å². The highest BCUT2D eigenvalue weighted by molar-refractivity contribution is 5.27. The molecule has 0 spiro atoms. The summed E-state index contributed by atoms with van der Waals surface area (Å²) in [6, 6.07) is 8.17. The minimum atomic E-state index is -4.41. The van der Waals surface area contributed by atoms with Crippen LogP contribution in [0, 0.1) is 6.92 Å². The molecule has 0 saturated heterocycles. The van der Waals surface area contributed by atoms with E-state index in [0.29, 0.717) is 18.0 Å². The van der Waals surface area contributed by atoms with Crippen LogP contribution in [0.25, 0.3) is 0 Å². The number of ether oxygens (including phenoxy) is 1. The predicted octanol–water partition coefficient (Wildman–Crippen LogP) is 3.27. The van der Waals surface area contributed by atoms with Gasteiger partial charge >= 0.3 is 6.18 Å². The fourth-order valence-corrected chi connectivity index (χ4v) is 1.71. The van der Waals surface area contributed by atoms with Crippen molar-refractivity contribution in [3.05, 3.63) is 47.3 Å². The second-order valence-electron chi connectivity index (χ2n) is 4.17. The monoisotopic (exact) mass is 270 g/mol. The average Bonchev–Trinajstić information content (AvgIpc) is 2.72. The molecule has 0 radical (unpaired) electrons. The highest BCUT2D eigenvalue weighted by Gasteiger charge is 2.34. The minimum absolute atomic E-state index is 0.298. The van der Waals surface area contributed by atoms with E-state index in [1.807, 2.05) is 0 Å². The molecular formula is C13H13F3N2O. The lowest BCUT2D eigenvalue weighted by Crippen LogP contribution is -2.09. The Hall–Kier alpha value is -1.98. The molecule has 0 aliphatic carbocycles. The first kappa shape index (κ1) is 13.5. The number of hydrogen-bond acceptors (Lipinski definition) is 2. The third-order valence-electron chi connectivity index (χ3n) is 2.76. The summed E-state index contributed by atoms with van der Waals surface area (Å²) in [5, 5.41) is 3.58. The van der Waals surface area contributed by atoms with Crippen molar-refractivity contribution in [2.45, 2.75) is 19.6 Å². The lowest BCUT2D eigenvalue weighted by Gasteiger charge is -2.06. The molecule has 0 fully saturated rings. The maximum atomic E-state index is 12.5. The summed E-state index contributed by atoms with van der Waals surface area (Å²) < 4.78 is 43.9. The van der Waals surface area contributed by atoms with E-state index in [1.165, 1.54) is 4.68 Å². The zero-order chi connectivity index (χ0) is 14.0. The molecule has 1 heterocycles. The lowest BCUT2D eigenvalue weighted by atomic mass is 10.2. The number of aryl methyl sites for hydroxylation is 1. The molecule has 3 nitrogen and oxygen atoms in total. The molecular weight excluding hydrogens is 257 g/mol. The van der Waals surface area contributed by atoms with Gasteiger partial charge in [-0.25, -0.2) is 0 Å². The zero-order valence-corrected chi connectivity index (χ0v) is 10.5. The molecule has 0 aliphatic rings. The Balaban J connectivity index is 2.20. The maximum Gasteiger partial charge on any atom is 0.435 e. The molecule has 0 saturated carbocycles. The molecule has 0 amide bonds. The number of alkyl halides is 3. The van der Waals surface area contributed by atoms with Crippen LogP contribution in [0.5, 0.6) is 5.75 Å². The fraction of sp³-hybridized carbons (Fsp3) is 0.308. The maximum absolute atomic E-state index is 12.5. The normalized spacial score (nSPS) is 11.6. The number of aromatic nitrogens is 2. The minimum Gasteiger partial charge on any atom is -0.497 e. The SMILES string of the molecule is COc1ccc(Cn2nc(C(F)(F)F)cc2C)cc1. The van der Waals surface area contributed by atoms with Crippen LogP contribution in [-0.2, 0) is 12.7 Å². The van der Waals surface area contributed by atoms with E-state index in [1.54, 1.807) is 38.3 Å². The number of methoxy groups -OCH3 is 1. The molecule has 102 valence electrons. The number of rotatable bonds is 3. The second-order valence-corrected chi connectivity index (χ2v) is 4.17. The smallest absolute Gasteiger partial charge is 0.435 e. The van der Waals surface area contributed by atoms with Crippen molar-refractivity contribution >= 4 is 0 Å². The van der Waals surface area contributed by atoms with Crippen molar-refractivity contribution in [3.8, 4) is 5.75 Å². The predicted molar refractivity (Wildman–Crippen MR) is 64.1 cm³/mol. The molecule has 2 aromatic rings. The Labute approximate surface area is 108 Å². The van der Waals surface area contributed by atoms with Crippen LogP contribution in [0.2, 0.25) is 0 Å². The van der Waals surface area contributed by atoms with E-state index >= 15 is 0 Å². The Morgan fingerprint density at radius 1 is 1.21 bits per heavy atom. The quantitative estimate of drug-likeness (QED) is 0.856. The molecule has 0 bridgehead atoms. The summed E-state index contributed by atoms with van der Waals surface area (Å²) in [6.07, 6.45) is -4.41. The third kappa shape index (κ3) is 3.07. The summed E-state index contributed by atoms with van der Waals surface area (Å²) in [5.41, 5.74) is 0.474. The van der Waals surface area contributed by atoms with Crippen LogP contribution in [0.1, 0.15) is 17.0 Å². The summed E-state index contributed by atoms with van der Waals surface area (Å²) in [5.74, 6) is 0.705. The standard InChI is InChI=1S/C13H13F3N2O/c1-9-7-12(13(14,15)16)17-18(9)8-10-3-5-11(19-2)6-4-10/h3-7H,8H2,1-2H3. The van der Waals surface area contributed by atoms with Gasteiger partial charge in [0.15, 0.2) is 5.69 Å². The molecule has 0 N–H and O–H groups in total. The van der Waals surface area contributed by atoms with Crippen LogP contribution in [0.15, 0.2) is 30.3 Å². The summed E-state index contributed by atoms with van der Waals surface area (Å²) in [4.78, 5) is 0. The Morgan fingerprint density at radius 2 is 1.84 bits per heavy atom. The van der Waals surface area contributed by atoms with Crippen LogP contribution in [0.3, 0.4) is 0 Å². The average molecular weight is 270 g/mol. The number of hydrogen-bond donors (Lipinski definition) is 0. The van der Waals surface area contributed by atoms with Crippen molar-refractivity contribution in [2.75, 3.05) is 7.11 Å². The van der Waals surface area contributed by atoms with Gasteiger partial charge < -0.3 is 4.74 Å². The molecule has 1 aromatic carbocycles. The largest absolute Gasteiger partial charge is 0.497 e. The molecule has 1 aromatic heterocycles. The Kier molecular flexibility index (Phi) is 3.50. The van der Waals surface area contributed by atoms with E-state index < -0.39 is 11.9 Å². The second kappa shape index (κ2) is 4.95. The van der Waals surface area contributed by atoms with Crippen LogP contribution in [-0.4, -0.2) is 16.9 Å². The van der Waals surface area contributed by atoms with Gasteiger partial charge in [0.2, 0.25) is 0 Å². The van der Waals surface area contributed by atoms with Gasteiger partial charge in [0.1, 0.15) is 5.75 Å². The molecule has 6 heteroatoms. The highest BCUT2D eigenvalue weighted by atomic mass is 19.4. The van der Waals surface area contributed by atoms with Crippen molar-refractivity contribution in [1.29, 1.82) is 0 Å². The van der Waals surface area contributed by atoms with Gasteiger partial charge in [0.05, 0.1) is 13.7 Å². The Bertz CT molecular complexity index is 558. The van der Waals surface area contributed by atoms with Crippen molar-refractivity contribution in [1.82, 2.24) is 9.78 Å². The highest BCUT2D eigenvalue weighted by Crippen LogP contribution is 2.28. The summed E-state index contributed by atoms with van der Waals surface area (Å²) >= 11 is 0. The topological polar surface area (TPSA) is 27.1 Å². The van der Waals surface area contributed by atoms with Crippen molar-refractivity contribution < 1.29 is 17.9 Å². The molecule has 19 heavy (non-hydrogen) atoms. The van der Waals surface area contributed by atoms with E-state index in [-0.39, 0.29) is 0 Å². The van der Waals surface area contributed by atoms with E-state index in [4.69, 9.17) is 4.74 Å². The third-order valence-corrected chi connectivity index (χ3v) is 2.76. The summed E-state index contributed by atoms with van der Waals surface area (Å²) in [6.45, 7) is 1.90. The van der Waals surface area contributed by atoms with Crippen molar-refractivity contribution in [2.24, 2.45) is 0 Å². The van der Waals surface area contributed by atoms with Gasteiger partial charge in [-0.15, -0.1) is 0 Å². The first-order valence-electron chi connectivity index (χ1n) is 5.65. The zero-order valence-electron chi connectivity index (χ0n) is 10.5. The Morgan fingerprint density at radius 3 is 2.32 bits per heavy atom. The molecule has 0 aliphatic heterocycles. The van der Waals surface area contributed by atoms with Gasteiger partial charge in [-0.1, -0.05) is 12.1 Å². The fourth-order valence-electron chi connectivity index (χ4n) is 1.71. The van der Waals surface area contributed by atoms with Crippen LogP contribution < -0.4 is 4.74 Å². The van der Waals surface area contributed by atoms with E-state index in [9.17, 15) is 13.2 Å². The first-order valence-corrected chi connectivity index (χ1v) is 5.65. The van der Waals surface area contributed by atoms with Crippen LogP contribution in [0.4, 0.5) is 13.2 Å². The van der Waals surface area contributed by atoms with E-state index in [2.05, 4.69) is 5.10 Å². The van der Waals surface area contributed by atoms with Crippen LogP contribution >= 0.6 is 0 Å². The first-order chi connectivity index (χ1) is 8.90. The number of halogens is 3. The van der Waals surface area contributed by atoms with Gasteiger partial charge in [-0.2, -0.15) is 18.3 Å². The summed E-state index contributed by atoms with van der Waals surface area (Å²) in [7, 11) is 1.56. The lowest BCUT2D eigenvalue weighted by molar-refractivity contribution is -0.141. The van der Waals surface area contributed by atoms with Crippen molar-refractivity contribution in [3.63, 3.8) is 0 Å².